The number of hydrogen-bond acceptors (Lipinski definition) is 2. The van der Waals surface area contributed by atoms with Gasteiger partial charge in [-0.15, -0.1) is 0 Å². The molecule has 0 aliphatic carbocycles. The maximum atomic E-state index is 6.22. The van der Waals surface area contributed by atoms with Crippen LogP contribution < -0.4 is 0 Å². The van der Waals surface area contributed by atoms with Crippen LogP contribution in [0.25, 0.3) is 0 Å². The molecule has 1 rings (SSSR count). The fraction of sp³-hybridized carbons (Fsp3) is 0.750. The van der Waals surface area contributed by atoms with Gasteiger partial charge in [-0.25, -0.2) is 4.68 Å². The van der Waals surface area contributed by atoms with Gasteiger partial charge in [-0.2, -0.15) is 5.10 Å². The van der Waals surface area contributed by atoms with E-state index >= 15 is 0 Å². The maximum Gasteiger partial charge on any atom is 0.186 e. The minimum absolute atomic E-state index is 0.0698. The van der Waals surface area contributed by atoms with E-state index < -0.39 is 8.32 Å². The third kappa shape index (κ3) is 3.45. The molecule has 1 aromatic heterocycles. The van der Waals surface area contributed by atoms with E-state index in [1.54, 1.807) is 0 Å². The molecular weight excluding hydrogens is 216 g/mol. The van der Waals surface area contributed by atoms with Gasteiger partial charge in [0.1, 0.15) is 6.23 Å². The highest BCUT2D eigenvalue weighted by atomic mass is 28.4. The van der Waals surface area contributed by atoms with Gasteiger partial charge in [0.05, 0.1) is 5.69 Å². The second kappa shape index (κ2) is 4.71. The molecule has 0 aromatic carbocycles. The highest BCUT2D eigenvalue weighted by Gasteiger charge is 2.26. The van der Waals surface area contributed by atoms with Crippen LogP contribution in [-0.4, -0.2) is 18.1 Å². The van der Waals surface area contributed by atoms with Crippen LogP contribution in [0.15, 0.2) is 6.07 Å². The van der Waals surface area contributed by atoms with Gasteiger partial charge in [0.25, 0.3) is 0 Å². The van der Waals surface area contributed by atoms with Crippen LogP contribution in [0.3, 0.4) is 0 Å². The molecule has 1 aromatic rings. The molecule has 0 fully saturated rings. The molecule has 16 heavy (non-hydrogen) atoms. The Kier molecular flexibility index (Phi) is 3.96. The first-order valence-corrected chi connectivity index (χ1v) is 9.32. The summed E-state index contributed by atoms with van der Waals surface area (Å²) >= 11 is 0. The number of aryl methyl sites for hydroxylation is 2. The molecular formula is C12H24N2OSi. The first kappa shape index (κ1) is 13.5. The van der Waals surface area contributed by atoms with Crippen molar-refractivity contribution in [2.45, 2.75) is 53.6 Å². The fourth-order valence-electron chi connectivity index (χ4n) is 1.73. The second-order valence-corrected chi connectivity index (χ2v) is 10.2. The Balaban J connectivity index is 2.99. The van der Waals surface area contributed by atoms with Gasteiger partial charge in [-0.3, -0.25) is 0 Å². The first-order chi connectivity index (χ1) is 7.20. The van der Waals surface area contributed by atoms with E-state index in [0.29, 0.717) is 5.92 Å². The standard InChI is InChI=1S/C12H24N2OSi/c1-9(2)12(15-16(5,6)7)14-11(4)8-10(3)13-14/h8-9,12H,1-7H3. The molecule has 0 amide bonds. The van der Waals surface area contributed by atoms with Crippen LogP contribution >= 0.6 is 0 Å². The number of nitrogens with zero attached hydrogens (tertiary/aromatic N) is 2. The summed E-state index contributed by atoms with van der Waals surface area (Å²) in [6.07, 6.45) is 0.0698. The molecule has 0 bridgehead atoms. The lowest BCUT2D eigenvalue weighted by Gasteiger charge is -2.30. The third-order valence-electron chi connectivity index (χ3n) is 2.33. The van der Waals surface area contributed by atoms with Crippen molar-refractivity contribution in [1.29, 1.82) is 0 Å². The summed E-state index contributed by atoms with van der Waals surface area (Å²) in [5.74, 6) is 0.435. The summed E-state index contributed by atoms with van der Waals surface area (Å²) in [7, 11) is -1.54. The minimum atomic E-state index is -1.54. The minimum Gasteiger partial charge on any atom is -0.396 e. The summed E-state index contributed by atoms with van der Waals surface area (Å²) in [5, 5.41) is 4.53. The Morgan fingerprint density at radius 2 is 1.81 bits per heavy atom. The molecule has 0 saturated carbocycles. The van der Waals surface area contributed by atoms with E-state index in [-0.39, 0.29) is 6.23 Å². The van der Waals surface area contributed by atoms with Gasteiger partial charge in [0, 0.05) is 5.69 Å². The van der Waals surface area contributed by atoms with Crippen molar-refractivity contribution >= 4 is 8.32 Å². The van der Waals surface area contributed by atoms with Gasteiger partial charge < -0.3 is 4.43 Å². The largest absolute Gasteiger partial charge is 0.396 e. The normalized spacial score (nSPS) is 14.5. The van der Waals surface area contributed by atoms with E-state index in [4.69, 9.17) is 4.43 Å². The molecule has 0 aliphatic rings. The Morgan fingerprint density at radius 3 is 2.12 bits per heavy atom. The lowest BCUT2D eigenvalue weighted by atomic mass is 10.2. The van der Waals surface area contributed by atoms with Crippen molar-refractivity contribution < 1.29 is 4.43 Å². The van der Waals surface area contributed by atoms with Crippen molar-refractivity contribution in [3.8, 4) is 0 Å². The molecule has 1 heterocycles. The molecule has 1 atom stereocenters. The Labute approximate surface area is 99.9 Å². The van der Waals surface area contributed by atoms with Gasteiger partial charge in [0.2, 0.25) is 0 Å². The maximum absolute atomic E-state index is 6.22. The molecule has 3 nitrogen and oxygen atoms in total. The Bertz CT molecular complexity index is 352. The molecule has 0 aliphatic heterocycles. The van der Waals surface area contributed by atoms with E-state index in [0.717, 1.165) is 5.69 Å². The van der Waals surface area contributed by atoms with Crippen molar-refractivity contribution in [1.82, 2.24) is 9.78 Å². The molecule has 0 N–H and O–H groups in total. The van der Waals surface area contributed by atoms with E-state index in [1.807, 2.05) is 11.6 Å². The lowest BCUT2D eigenvalue weighted by Crippen LogP contribution is -2.33. The van der Waals surface area contributed by atoms with Gasteiger partial charge in [-0.1, -0.05) is 13.8 Å². The Morgan fingerprint density at radius 1 is 1.25 bits per heavy atom. The summed E-state index contributed by atoms with van der Waals surface area (Å²) in [6.45, 7) is 15.1. The van der Waals surface area contributed by atoms with E-state index in [9.17, 15) is 0 Å². The van der Waals surface area contributed by atoms with Crippen LogP contribution in [0, 0.1) is 19.8 Å². The molecule has 0 radical (unpaired) electrons. The first-order valence-electron chi connectivity index (χ1n) is 5.91. The van der Waals surface area contributed by atoms with Crippen molar-refractivity contribution in [2.24, 2.45) is 5.92 Å². The zero-order valence-corrected chi connectivity index (χ0v) is 12.5. The summed E-state index contributed by atoms with van der Waals surface area (Å²) in [6, 6.07) is 2.10. The van der Waals surface area contributed by atoms with Crippen LogP contribution in [0.5, 0.6) is 0 Å². The van der Waals surface area contributed by atoms with Gasteiger partial charge in [-0.05, 0) is 45.5 Å². The molecule has 0 saturated heterocycles. The molecule has 92 valence electrons. The molecule has 1 unspecified atom stereocenters. The predicted octanol–water partition coefficient (Wildman–Crippen LogP) is 3.51. The fourth-order valence-corrected chi connectivity index (χ4v) is 2.83. The van der Waals surface area contributed by atoms with Crippen LogP contribution in [0.1, 0.15) is 31.5 Å². The molecule has 0 spiro atoms. The average molecular weight is 240 g/mol. The predicted molar refractivity (Wildman–Crippen MR) is 70.0 cm³/mol. The average Bonchev–Trinajstić information content (AvgIpc) is 2.39. The van der Waals surface area contributed by atoms with Crippen molar-refractivity contribution in [3.63, 3.8) is 0 Å². The summed E-state index contributed by atoms with van der Waals surface area (Å²) in [4.78, 5) is 0. The number of aromatic nitrogens is 2. The smallest absolute Gasteiger partial charge is 0.186 e. The quantitative estimate of drug-likeness (QED) is 0.753. The Hall–Kier alpha value is -0.613. The van der Waals surface area contributed by atoms with Crippen LogP contribution in [0.2, 0.25) is 19.6 Å². The second-order valence-electron chi connectivity index (χ2n) is 5.74. The van der Waals surface area contributed by atoms with Gasteiger partial charge in [0.15, 0.2) is 8.32 Å². The highest BCUT2D eigenvalue weighted by molar-refractivity contribution is 6.69. The summed E-state index contributed by atoms with van der Waals surface area (Å²) < 4.78 is 8.24. The monoisotopic (exact) mass is 240 g/mol. The number of rotatable bonds is 4. The van der Waals surface area contributed by atoms with Crippen molar-refractivity contribution in [2.75, 3.05) is 0 Å². The summed E-state index contributed by atoms with van der Waals surface area (Å²) in [5.41, 5.74) is 2.23. The highest BCUT2D eigenvalue weighted by Crippen LogP contribution is 2.25. The van der Waals surface area contributed by atoms with E-state index in [1.165, 1.54) is 5.69 Å². The SMILES string of the molecule is Cc1cc(C)n(C(O[Si](C)(C)C)C(C)C)n1. The van der Waals surface area contributed by atoms with E-state index in [2.05, 4.69) is 51.6 Å². The zero-order valence-electron chi connectivity index (χ0n) is 11.5. The van der Waals surface area contributed by atoms with Crippen LogP contribution in [0.4, 0.5) is 0 Å². The third-order valence-corrected chi connectivity index (χ3v) is 3.28. The zero-order chi connectivity index (χ0) is 12.5. The molecule has 4 heteroatoms. The van der Waals surface area contributed by atoms with Crippen LogP contribution in [-0.2, 0) is 4.43 Å². The lowest BCUT2D eigenvalue weighted by molar-refractivity contribution is 0.0611. The van der Waals surface area contributed by atoms with Crippen molar-refractivity contribution in [3.05, 3.63) is 17.5 Å². The number of hydrogen-bond donors (Lipinski definition) is 0. The topological polar surface area (TPSA) is 27.1 Å². The van der Waals surface area contributed by atoms with Gasteiger partial charge >= 0.3 is 0 Å².